The number of hydrogen-bond donors (Lipinski definition) is 2. The minimum absolute atomic E-state index is 0.0167. The van der Waals surface area contributed by atoms with Gasteiger partial charge in [0.25, 0.3) is 5.91 Å². The Morgan fingerprint density at radius 3 is 2.91 bits per heavy atom. The molecule has 0 saturated heterocycles. The molecule has 2 N–H and O–H groups in total. The summed E-state index contributed by atoms with van der Waals surface area (Å²) in [6.45, 7) is 1.51. The van der Waals surface area contributed by atoms with Gasteiger partial charge in [0.2, 0.25) is 0 Å². The summed E-state index contributed by atoms with van der Waals surface area (Å²) in [6.07, 6.45) is -0.366. The first-order chi connectivity index (χ1) is 10.5. The standard InChI is InChI=1S/C15H15ClFNO4/c1-9(22-13-5-4-10(17)7-11(13)16)15(20)18-8-12(19)14-3-2-6-21-14/h2-7,9,12,19H,8H2,1H3,(H,18,20). The minimum Gasteiger partial charge on any atom is -0.479 e. The number of hydrogen-bond acceptors (Lipinski definition) is 4. The molecule has 118 valence electrons. The largest absolute Gasteiger partial charge is 0.479 e. The summed E-state index contributed by atoms with van der Waals surface area (Å²) in [7, 11) is 0. The summed E-state index contributed by atoms with van der Waals surface area (Å²) in [6, 6.07) is 6.88. The number of carbonyl (C=O) groups is 1. The third-order valence-electron chi connectivity index (χ3n) is 2.91. The van der Waals surface area contributed by atoms with Crippen molar-refractivity contribution in [2.75, 3.05) is 6.54 Å². The molecule has 2 aromatic rings. The number of aliphatic hydroxyl groups excluding tert-OH is 1. The van der Waals surface area contributed by atoms with E-state index in [1.54, 1.807) is 12.1 Å². The first-order valence-corrected chi connectivity index (χ1v) is 6.96. The fraction of sp³-hybridized carbons (Fsp3) is 0.267. The van der Waals surface area contributed by atoms with Gasteiger partial charge in [0.1, 0.15) is 23.4 Å². The molecule has 1 heterocycles. The maximum absolute atomic E-state index is 12.9. The monoisotopic (exact) mass is 327 g/mol. The molecule has 0 aliphatic rings. The second kappa shape index (κ2) is 7.29. The van der Waals surface area contributed by atoms with E-state index in [9.17, 15) is 14.3 Å². The van der Waals surface area contributed by atoms with Gasteiger partial charge in [0, 0.05) is 0 Å². The number of ether oxygens (including phenoxy) is 1. The molecular weight excluding hydrogens is 313 g/mol. The molecule has 1 aromatic carbocycles. The number of amides is 1. The van der Waals surface area contributed by atoms with Gasteiger partial charge < -0.3 is 19.6 Å². The lowest BCUT2D eigenvalue weighted by atomic mass is 10.2. The zero-order chi connectivity index (χ0) is 16.1. The summed E-state index contributed by atoms with van der Waals surface area (Å²) in [4.78, 5) is 11.9. The van der Waals surface area contributed by atoms with Crippen LogP contribution in [0, 0.1) is 5.82 Å². The molecule has 2 atom stereocenters. The van der Waals surface area contributed by atoms with Crippen molar-refractivity contribution in [1.82, 2.24) is 5.32 Å². The first kappa shape index (κ1) is 16.3. The van der Waals surface area contributed by atoms with E-state index in [4.69, 9.17) is 20.8 Å². The van der Waals surface area contributed by atoms with Crippen molar-refractivity contribution in [3.63, 3.8) is 0 Å². The van der Waals surface area contributed by atoms with Crippen LogP contribution >= 0.6 is 11.6 Å². The van der Waals surface area contributed by atoms with Crippen LogP contribution in [0.25, 0.3) is 0 Å². The summed E-state index contributed by atoms with van der Waals surface area (Å²) < 4.78 is 23.3. The SMILES string of the molecule is CC(Oc1ccc(F)cc1Cl)C(=O)NCC(O)c1ccco1. The molecule has 0 bridgehead atoms. The Hall–Kier alpha value is -2.05. The van der Waals surface area contributed by atoms with E-state index in [2.05, 4.69) is 5.32 Å². The average Bonchev–Trinajstić information content (AvgIpc) is 3.01. The van der Waals surface area contributed by atoms with Gasteiger partial charge in [-0.3, -0.25) is 4.79 Å². The van der Waals surface area contributed by atoms with Crippen LogP contribution in [0.3, 0.4) is 0 Å². The summed E-state index contributed by atoms with van der Waals surface area (Å²) >= 11 is 5.82. The van der Waals surface area contributed by atoms with Crippen LogP contribution in [0.15, 0.2) is 41.0 Å². The smallest absolute Gasteiger partial charge is 0.260 e. The highest BCUT2D eigenvalue weighted by Gasteiger charge is 2.18. The maximum atomic E-state index is 12.9. The highest BCUT2D eigenvalue weighted by Crippen LogP contribution is 2.25. The maximum Gasteiger partial charge on any atom is 0.260 e. The van der Waals surface area contributed by atoms with Crippen molar-refractivity contribution in [2.24, 2.45) is 0 Å². The van der Waals surface area contributed by atoms with Crippen molar-refractivity contribution in [3.05, 3.63) is 53.2 Å². The Labute approximate surface area is 131 Å². The van der Waals surface area contributed by atoms with Gasteiger partial charge in [-0.2, -0.15) is 0 Å². The Balaban J connectivity index is 1.86. The normalized spacial score (nSPS) is 13.5. The van der Waals surface area contributed by atoms with Gasteiger partial charge in [-0.1, -0.05) is 11.6 Å². The summed E-state index contributed by atoms with van der Waals surface area (Å²) in [5.41, 5.74) is 0. The van der Waals surface area contributed by atoms with E-state index in [-0.39, 0.29) is 17.3 Å². The summed E-state index contributed by atoms with van der Waals surface area (Å²) in [5.74, 6) is -0.366. The minimum atomic E-state index is -0.944. The Bertz CT molecular complexity index is 632. The van der Waals surface area contributed by atoms with Crippen LogP contribution < -0.4 is 10.1 Å². The second-order valence-corrected chi connectivity index (χ2v) is 5.02. The number of nitrogens with one attached hydrogen (secondary N) is 1. The lowest BCUT2D eigenvalue weighted by Crippen LogP contribution is -2.38. The van der Waals surface area contributed by atoms with Crippen molar-refractivity contribution < 1.29 is 23.4 Å². The van der Waals surface area contributed by atoms with Gasteiger partial charge >= 0.3 is 0 Å². The molecule has 2 unspecified atom stereocenters. The van der Waals surface area contributed by atoms with Crippen molar-refractivity contribution in [1.29, 1.82) is 0 Å². The molecule has 22 heavy (non-hydrogen) atoms. The predicted molar refractivity (Wildman–Crippen MR) is 78.2 cm³/mol. The molecule has 1 aromatic heterocycles. The molecule has 0 fully saturated rings. The number of aliphatic hydroxyl groups is 1. The highest BCUT2D eigenvalue weighted by molar-refractivity contribution is 6.32. The van der Waals surface area contributed by atoms with Crippen molar-refractivity contribution in [3.8, 4) is 5.75 Å². The van der Waals surface area contributed by atoms with Crippen LogP contribution in [0.5, 0.6) is 5.75 Å². The lowest BCUT2D eigenvalue weighted by Gasteiger charge is -2.16. The fourth-order valence-electron chi connectivity index (χ4n) is 1.74. The molecule has 1 amide bonds. The van der Waals surface area contributed by atoms with Crippen LogP contribution in [0.2, 0.25) is 5.02 Å². The average molecular weight is 328 g/mol. The van der Waals surface area contributed by atoms with Gasteiger partial charge in [0.05, 0.1) is 17.8 Å². The van der Waals surface area contributed by atoms with E-state index >= 15 is 0 Å². The van der Waals surface area contributed by atoms with Crippen molar-refractivity contribution in [2.45, 2.75) is 19.1 Å². The Morgan fingerprint density at radius 2 is 2.27 bits per heavy atom. The molecule has 0 radical (unpaired) electrons. The number of furan rings is 1. The molecule has 0 saturated carbocycles. The van der Waals surface area contributed by atoms with Crippen LogP contribution in [-0.4, -0.2) is 23.7 Å². The van der Waals surface area contributed by atoms with Gasteiger partial charge in [0.15, 0.2) is 6.10 Å². The molecule has 5 nitrogen and oxygen atoms in total. The molecule has 0 aliphatic carbocycles. The molecular formula is C15H15ClFNO4. The van der Waals surface area contributed by atoms with Gasteiger partial charge in [-0.15, -0.1) is 0 Å². The van der Waals surface area contributed by atoms with Gasteiger partial charge in [-0.05, 0) is 37.3 Å². The van der Waals surface area contributed by atoms with Crippen LogP contribution in [-0.2, 0) is 4.79 Å². The van der Waals surface area contributed by atoms with E-state index in [0.717, 1.165) is 6.07 Å². The van der Waals surface area contributed by atoms with Crippen LogP contribution in [0.4, 0.5) is 4.39 Å². The van der Waals surface area contributed by atoms with Crippen LogP contribution in [0.1, 0.15) is 18.8 Å². The quantitative estimate of drug-likeness (QED) is 0.855. The fourth-order valence-corrected chi connectivity index (χ4v) is 1.95. The lowest BCUT2D eigenvalue weighted by molar-refractivity contribution is -0.127. The third kappa shape index (κ3) is 4.22. The Morgan fingerprint density at radius 1 is 1.50 bits per heavy atom. The number of carbonyl (C=O) groups excluding carboxylic acids is 1. The Kier molecular flexibility index (Phi) is 5.41. The van der Waals surface area contributed by atoms with E-state index in [0.29, 0.717) is 5.76 Å². The first-order valence-electron chi connectivity index (χ1n) is 6.58. The molecule has 2 rings (SSSR count). The van der Waals surface area contributed by atoms with E-state index in [1.165, 1.54) is 25.3 Å². The number of halogens is 2. The highest BCUT2D eigenvalue weighted by atomic mass is 35.5. The molecule has 0 aliphatic heterocycles. The third-order valence-corrected chi connectivity index (χ3v) is 3.20. The molecule has 7 heteroatoms. The zero-order valence-electron chi connectivity index (χ0n) is 11.8. The summed E-state index contributed by atoms with van der Waals surface area (Å²) in [5, 5.41) is 12.4. The van der Waals surface area contributed by atoms with Crippen molar-refractivity contribution >= 4 is 17.5 Å². The number of benzene rings is 1. The van der Waals surface area contributed by atoms with E-state index in [1.807, 2.05) is 0 Å². The van der Waals surface area contributed by atoms with E-state index < -0.39 is 23.9 Å². The second-order valence-electron chi connectivity index (χ2n) is 4.61. The number of rotatable bonds is 6. The molecule has 0 spiro atoms. The predicted octanol–water partition coefficient (Wildman–Crippen LogP) is 2.69. The van der Waals surface area contributed by atoms with Gasteiger partial charge in [-0.25, -0.2) is 4.39 Å². The topological polar surface area (TPSA) is 71.7 Å². The zero-order valence-corrected chi connectivity index (χ0v) is 12.5.